The Balaban J connectivity index is 1.72. The number of hydrogen-bond donors (Lipinski definition) is 1. The van der Waals surface area contributed by atoms with Crippen molar-refractivity contribution in [1.29, 1.82) is 0 Å². The maximum Gasteiger partial charge on any atom is 0.270 e. The molecule has 0 radical (unpaired) electrons. The largest absolute Gasteiger partial charge is 0.378 e. The van der Waals surface area contributed by atoms with Crippen molar-refractivity contribution >= 4 is 17.3 Å². The van der Waals surface area contributed by atoms with Crippen molar-refractivity contribution in [2.75, 3.05) is 37.7 Å². The number of nitrogens with zero attached hydrogens (tertiary/aromatic N) is 2. The van der Waals surface area contributed by atoms with Crippen molar-refractivity contribution in [3.8, 4) is 0 Å². The molecule has 0 atom stereocenters. The van der Waals surface area contributed by atoms with Gasteiger partial charge in [0.2, 0.25) is 0 Å². The molecule has 0 spiro atoms. The Morgan fingerprint density at radius 2 is 1.81 bits per heavy atom. The van der Waals surface area contributed by atoms with E-state index in [2.05, 4.69) is 10.2 Å². The molecule has 27 heavy (non-hydrogen) atoms. The lowest BCUT2D eigenvalue weighted by Gasteiger charge is -2.30. The molecule has 0 bridgehead atoms. The summed E-state index contributed by atoms with van der Waals surface area (Å²) in [6, 6.07) is 4.56. The summed E-state index contributed by atoms with van der Waals surface area (Å²) in [6.07, 6.45) is 8.59. The second kappa shape index (κ2) is 9.69. The SMILES string of the molecule is O=C(NCC1CCCCCCC1)c1cc([N+](=O)[O-])ccc1N1CCOCC1. The molecule has 1 amide bonds. The number of benzene rings is 1. The molecule has 1 aliphatic carbocycles. The number of carbonyl (C=O) groups excluding carboxylic acids is 1. The van der Waals surface area contributed by atoms with Crippen molar-refractivity contribution in [3.63, 3.8) is 0 Å². The van der Waals surface area contributed by atoms with Gasteiger partial charge < -0.3 is 15.0 Å². The summed E-state index contributed by atoms with van der Waals surface area (Å²) >= 11 is 0. The van der Waals surface area contributed by atoms with Crippen LogP contribution in [0.5, 0.6) is 0 Å². The van der Waals surface area contributed by atoms with Crippen LogP contribution in [0.15, 0.2) is 18.2 Å². The van der Waals surface area contributed by atoms with E-state index >= 15 is 0 Å². The summed E-state index contributed by atoms with van der Waals surface area (Å²) in [5.41, 5.74) is 1.08. The van der Waals surface area contributed by atoms with Crippen molar-refractivity contribution < 1.29 is 14.5 Å². The van der Waals surface area contributed by atoms with Gasteiger partial charge in [0.05, 0.1) is 29.4 Å². The number of nitro benzene ring substituents is 1. The number of rotatable bonds is 5. The molecule has 148 valence electrons. The quantitative estimate of drug-likeness (QED) is 0.629. The third kappa shape index (κ3) is 5.42. The number of amides is 1. The molecule has 0 unspecified atom stereocenters. The van der Waals surface area contributed by atoms with E-state index in [1.165, 1.54) is 44.2 Å². The molecule has 1 saturated heterocycles. The molecule has 1 heterocycles. The minimum atomic E-state index is -0.450. The molecular weight excluding hydrogens is 346 g/mol. The van der Waals surface area contributed by atoms with Crippen LogP contribution in [-0.4, -0.2) is 43.7 Å². The number of anilines is 1. The second-order valence-corrected chi connectivity index (χ2v) is 7.48. The van der Waals surface area contributed by atoms with Crippen molar-refractivity contribution in [3.05, 3.63) is 33.9 Å². The molecule has 7 nitrogen and oxygen atoms in total. The predicted molar refractivity (Wildman–Crippen MR) is 104 cm³/mol. The van der Waals surface area contributed by atoms with E-state index in [4.69, 9.17) is 4.74 Å². The van der Waals surface area contributed by atoms with E-state index in [0.717, 1.165) is 18.5 Å². The van der Waals surface area contributed by atoms with E-state index in [9.17, 15) is 14.9 Å². The first-order valence-corrected chi connectivity index (χ1v) is 10.0. The molecule has 1 aromatic carbocycles. The van der Waals surface area contributed by atoms with Gasteiger partial charge in [0.1, 0.15) is 0 Å². The molecule has 3 rings (SSSR count). The normalized spacial score (nSPS) is 19.2. The Labute approximate surface area is 160 Å². The van der Waals surface area contributed by atoms with Gasteiger partial charge in [0, 0.05) is 31.8 Å². The van der Waals surface area contributed by atoms with Crippen molar-refractivity contribution in [2.24, 2.45) is 5.92 Å². The van der Waals surface area contributed by atoms with Crippen LogP contribution < -0.4 is 10.2 Å². The Bertz CT molecular complexity index is 651. The first-order valence-electron chi connectivity index (χ1n) is 10.0. The number of morpholine rings is 1. The lowest BCUT2D eigenvalue weighted by atomic mass is 9.91. The minimum absolute atomic E-state index is 0.0527. The maximum atomic E-state index is 12.9. The average molecular weight is 375 g/mol. The zero-order chi connectivity index (χ0) is 19.1. The zero-order valence-corrected chi connectivity index (χ0v) is 15.8. The van der Waals surface area contributed by atoms with Crippen LogP contribution in [0.2, 0.25) is 0 Å². The summed E-state index contributed by atoms with van der Waals surface area (Å²) in [5.74, 6) is 0.280. The van der Waals surface area contributed by atoms with E-state index in [1.807, 2.05) is 0 Å². The molecule has 1 aromatic rings. The standard InChI is InChI=1S/C20H29N3O4/c24-20(21-15-16-6-4-2-1-3-5-7-16)18-14-17(23(25)26)8-9-19(18)22-10-12-27-13-11-22/h8-9,14,16H,1-7,10-13,15H2,(H,21,24). The predicted octanol–water partition coefficient (Wildman–Crippen LogP) is 3.52. The van der Waals surface area contributed by atoms with Gasteiger partial charge in [-0.05, 0) is 24.8 Å². The highest BCUT2D eigenvalue weighted by atomic mass is 16.6. The number of nitro groups is 1. The van der Waals surface area contributed by atoms with Crippen LogP contribution in [0.4, 0.5) is 11.4 Å². The molecule has 7 heteroatoms. The van der Waals surface area contributed by atoms with Gasteiger partial charge in [-0.2, -0.15) is 0 Å². The number of non-ortho nitro benzene ring substituents is 1. The first-order chi connectivity index (χ1) is 13.1. The number of hydrogen-bond acceptors (Lipinski definition) is 5. The van der Waals surface area contributed by atoms with Crippen molar-refractivity contribution in [1.82, 2.24) is 5.32 Å². The number of nitrogens with one attached hydrogen (secondary N) is 1. The Morgan fingerprint density at radius 1 is 1.15 bits per heavy atom. The summed E-state index contributed by atoms with van der Waals surface area (Å²) in [7, 11) is 0. The third-order valence-electron chi connectivity index (χ3n) is 5.56. The van der Waals surface area contributed by atoms with Gasteiger partial charge in [0.15, 0.2) is 0 Å². The van der Waals surface area contributed by atoms with Crippen LogP contribution in [0, 0.1) is 16.0 Å². The Kier molecular flexibility index (Phi) is 7.04. The summed E-state index contributed by atoms with van der Waals surface area (Å²) < 4.78 is 5.38. The van der Waals surface area contributed by atoms with Crippen LogP contribution in [0.3, 0.4) is 0 Å². The molecule has 1 N–H and O–H groups in total. The van der Waals surface area contributed by atoms with E-state index in [1.54, 1.807) is 6.07 Å². The highest BCUT2D eigenvalue weighted by Gasteiger charge is 2.22. The lowest BCUT2D eigenvalue weighted by molar-refractivity contribution is -0.384. The summed E-state index contributed by atoms with van der Waals surface area (Å²) in [4.78, 5) is 25.7. The van der Waals surface area contributed by atoms with E-state index in [-0.39, 0.29) is 11.6 Å². The fraction of sp³-hybridized carbons (Fsp3) is 0.650. The number of ether oxygens (including phenoxy) is 1. The van der Waals surface area contributed by atoms with Gasteiger partial charge in [-0.15, -0.1) is 0 Å². The molecule has 1 saturated carbocycles. The average Bonchev–Trinajstić information content (AvgIpc) is 2.67. The van der Waals surface area contributed by atoms with Gasteiger partial charge in [-0.1, -0.05) is 32.1 Å². The van der Waals surface area contributed by atoms with Gasteiger partial charge >= 0.3 is 0 Å². The highest BCUT2D eigenvalue weighted by Crippen LogP contribution is 2.27. The van der Waals surface area contributed by atoms with Crippen LogP contribution in [0.25, 0.3) is 0 Å². The zero-order valence-electron chi connectivity index (χ0n) is 15.8. The van der Waals surface area contributed by atoms with Crippen molar-refractivity contribution in [2.45, 2.75) is 44.9 Å². The van der Waals surface area contributed by atoms with Gasteiger partial charge in [0.25, 0.3) is 11.6 Å². The van der Waals surface area contributed by atoms with Crippen LogP contribution in [-0.2, 0) is 4.74 Å². The molecular formula is C20H29N3O4. The fourth-order valence-corrected chi connectivity index (χ4v) is 3.98. The third-order valence-corrected chi connectivity index (χ3v) is 5.56. The Hall–Kier alpha value is -2.15. The molecule has 0 aromatic heterocycles. The molecule has 2 fully saturated rings. The fourth-order valence-electron chi connectivity index (χ4n) is 3.98. The smallest absolute Gasteiger partial charge is 0.270 e. The van der Waals surface area contributed by atoms with Gasteiger partial charge in [-0.25, -0.2) is 0 Å². The first kappa shape index (κ1) is 19.6. The number of carbonyl (C=O) groups is 1. The van der Waals surface area contributed by atoms with Crippen LogP contribution >= 0.6 is 0 Å². The Morgan fingerprint density at radius 3 is 2.48 bits per heavy atom. The molecule has 2 aliphatic rings. The monoisotopic (exact) mass is 375 g/mol. The van der Waals surface area contributed by atoms with Gasteiger partial charge in [-0.3, -0.25) is 14.9 Å². The lowest BCUT2D eigenvalue weighted by Crippen LogP contribution is -2.38. The maximum absolute atomic E-state index is 12.9. The van der Waals surface area contributed by atoms with Crippen LogP contribution in [0.1, 0.15) is 55.3 Å². The summed E-state index contributed by atoms with van der Waals surface area (Å²) in [6.45, 7) is 3.20. The van der Waals surface area contributed by atoms with E-state index in [0.29, 0.717) is 44.3 Å². The topological polar surface area (TPSA) is 84.7 Å². The minimum Gasteiger partial charge on any atom is -0.378 e. The second-order valence-electron chi connectivity index (χ2n) is 7.48. The highest BCUT2D eigenvalue weighted by molar-refractivity contribution is 6.00. The summed E-state index contributed by atoms with van der Waals surface area (Å²) in [5, 5.41) is 14.2. The molecule has 1 aliphatic heterocycles. The van der Waals surface area contributed by atoms with E-state index < -0.39 is 4.92 Å².